The Morgan fingerprint density at radius 2 is 1.91 bits per heavy atom. The van der Waals surface area contributed by atoms with Crippen molar-refractivity contribution in [3.63, 3.8) is 0 Å². The average Bonchev–Trinajstić information content (AvgIpc) is 3.71. The predicted octanol–water partition coefficient (Wildman–Crippen LogP) is 5.12. The Kier molecular flexibility index (Phi) is 7.69. The van der Waals surface area contributed by atoms with Gasteiger partial charge in [-0.05, 0) is 81.7 Å². The number of aryl methyl sites for hydroxylation is 1. The molecule has 3 aromatic rings. The third-order valence-corrected chi connectivity index (χ3v) is 10.3. The molecule has 0 N–H and O–H groups in total. The summed E-state index contributed by atoms with van der Waals surface area (Å²) in [6.07, 6.45) is 7.08. The summed E-state index contributed by atoms with van der Waals surface area (Å²) in [7, 11) is 0. The van der Waals surface area contributed by atoms with Gasteiger partial charge < -0.3 is 19.4 Å². The van der Waals surface area contributed by atoms with Crippen LogP contribution in [0, 0.1) is 18.2 Å². The first kappa shape index (κ1) is 29.0. The Morgan fingerprint density at radius 1 is 1.09 bits per heavy atom. The molecule has 1 atom stereocenters. The number of aromatic nitrogens is 2. The number of anilines is 2. The van der Waals surface area contributed by atoms with Crippen LogP contribution in [0.2, 0.25) is 0 Å². The monoisotopic (exact) mass is 598 g/mol. The first-order valence-electron chi connectivity index (χ1n) is 16.2. The van der Waals surface area contributed by atoms with Gasteiger partial charge in [-0.1, -0.05) is 24.8 Å². The number of nitrogens with zero attached hydrogens (tertiary/aromatic N) is 6. The molecule has 232 valence electrons. The fourth-order valence-electron chi connectivity index (χ4n) is 7.36. The lowest BCUT2D eigenvalue weighted by Crippen LogP contribution is -2.49. The van der Waals surface area contributed by atoms with Gasteiger partial charge in [0.25, 0.3) is 0 Å². The number of halogens is 1. The Hall–Kier alpha value is -3.72. The second-order valence-corrected chi connectivity index (χ2v) is 13.2. The number of rotatable bonds is 8. The van der Waals surface area contributed by atoms with Gasteiger partial charge in [0.2, 0.25) is 5.91 Å². The van der Waals surface area contributed by atoms with E-state index >= 15 is 0 Å². The van der Waals surface area contributed by atoms with E-state index in [0.717, 1.165) is 53.0 Å². The van der Waals surface area contributed by atoms with Crippen molar-refractivity contribution in [2.75, 3.05) is 62.2 Å². The van der Waals surface area contributed by atoms with Crippen LogP contribution in [0.1, 0.15) is 49.4 Å². The molecule has 4 aliphatic rings. The largest absolute Gasteiger partial charge is 0.463 e. The maximum Gasteiger partial charge on any atom is 0.318 e. The molecule has 7 rings (SSSR count). The molecular weight excluding hydrogens is 555 g/mol. The van der Waals surface area contributed by atoms with Crippen molar-refractivity contribution in [1.29, 1.82) is 0 Å². The van der Waals surface area contributed by atoms with Gasteiger partial charge >= 0.3 is 6.01 Å². The number of amides is 1. The Balaban J connectivity index is 1.18. The van der Waals surface area contributed by atoms with E-state index in [9.17, 15) is 9.18 Å². The quantitative estimate of drug-likeness (QED) is 0.334. The molecule has 1 unspecified atom stereocenters. The van der Waals surface area contributed by atoms with E-state index in [1.807, 2.05) is 30.0 Å². The zero-order chi connectivity index (χ0) is 30.4. The van der Waals surface area contributed by atoms with Crippen LogP contribution in [0.4, 0.5) is 15.9 Å². The molecule has 0 bridgehead atoms. The summed E-state index contributed by atoms with van der Waals surface area (Å²) in [6, 6.07) is 10.7. The van der Waals surface area contributed by atoms with Gasteiger partial charge in [-0.3, -0.25) is 9.69 Å². The van der Waals surface area contributed by atoms with E-state index in [1.54, 1.807) is 6.07 Å². The van der Waals surface area contributed by atoms with Crippen LogP contribution >= 0.6 is 0 Å². The van der Waals surface area contributed by atoms with Crippen LogP contribution in [-0.2, 0) is 17.8 Å². The number of hydrogen-bond donors (Lipinski definition) is 0. The molecule has 0 radical (unpaired) electrons. The topological polar surface area (TPSA) is 65.0 Å². The molecule has 44 heavy (non-hydrogen) atoms. The molecule has 3 aliphatic heterocycles. The zero-order valence-electron chi connectivity index (χ0n) is 26.0. The molecule has 1 saturated carbocycles. The van der Waals surface area contributed by atoms with Crippen molar-refractivity contribution in [1.82, 2.24) is 19.8 Å². The van der Waals surface area contributed by atoms with Gasteiger partial charge in [-0.15, -0.1) is 0 Å². The SMILES string of the molecule is C=CC(=O)N1CCN(c2nc(OCC3(CN4CCCC4C)CC3)nc3c2CCN(c2cccc4ccc(F)c(C)c24)C3)CC1. The fourth-order valence-corrected chi connectivity index (χ4v) is 7.36. The van der Waals surface area contributed by atoms with Gasteiger partial charge in [-0.2, -0.15) is 9.97 Å². The number of carbonyl (C=O) groups excluding carboxylic acids is 1. The summed E-state index contributed by atoms with van der Waals surface area (Å²) in [6.45, 7) is 14.8. The van der Waals surface area contributed by atoms with E-state index < -0.39 is 0 Å². The number of fused-ring (bicyclic) bond motifs is 2. The Bertz CT molecular complexity index is 1580. The predicted molar refractivity (Wildman–Crippen MR) is 172 cm³/mol. The summed E-state index contributed by atoms with van der Waals surface area (Å²) in [5.74, 6) is 0.709. The summed E-state index contributed by atoms with van der Waals surface area (Å²) in [4.78, 5) is 31.4. The number of likely N-dealkylation sites (tertiary alicyclic amines) is 1. The van der Waals surface area contributed by atoms with E-state index in [-0.39, 0.29) is 17.1 Å². The molecule has 1 amide bonds. The molecular formula is C35H43FN6O2. The van der Waals surface area contributed by atoms with Crippen molar-refractivity contribution in [3.8, 4) is 6.01 Å². The molecule has 0 spiro atoms. The van der Waals surface area contributed by atoms with E-state index in [1.165, 1.54) is 38.3 Å². The van der Waals surface area contributed by atoms with Crippen LogP contribution in [0.3, 0.4) is 0 Å². The minimum atomic E-state index is -0.186. The van der Waals surface area contributed by atoms with E-state index in [2.05, 4.69) is 34.3 Å². The first-order chi connectivity index (χ1) is 21.3. The summed E-state index contributed by atoms with van der Waals surface area (Å²) in [5, 5.41) is 1.99. The standard InChI is InChI=1S/C35H43FN6O2/c1-4-31(43)39-17-19-40(20-18-39)33-27-12-16-41(30-9-5-8-26-10-11-28(36)25(3)32(26)30)21-29(27)37-34(38-33)44-23-35(13-14-35)22-42-15-6-7-24(42)2/h4-5,8-11,24H,1,6-7,12-23H2,2-3H3. The lowest BCUT2D eigenvalue weighted by atomic mass is 9.99. The lowest BCUT2D eigenvalue weighted by Gasteiger charge is -2.38. The minimum absolute atomic E-state index is 0.0297. The second kappa shape index (κ2) is 11.7. The van der Waals surface area contributed by atoms with Crippen molar-refractivity contribution in [3.05, 3.63) is 65.6 Å². The summed E-state index contributed by atoms with van der Waals surface area (Å²) in [5.41, 5.74) is 3.99. The molecule has 1 aromatic heterocycles. The molecule has 4 heterocycles. The Morgan fingerprint density at radius 3 is 2.64 bits per heavy atom. The highest BCUT2D eigenvalue weighted by Gasteiger charge is 2.46. The minimum Gasteiger partial charge on any atom is -0.463 e. The number of ether oxygens (including phenoxy) is 1. The lowest BCUT2D eigenvalue weighted by molar-refractivity contribution is -0.126. The van der Waals surface area contributed by atoms with Gasteiger partial charge in [0.1, 0.15) is 11.6 Å². The third kappa shape index (κ3) is 5.51. The number of carbonyl (C=O) groups is 1. The van der Waals surface area contributed by atoms with Gasteiger partial charge in [0, 0.05) is 67.4 Å². The van der Waals surface area contributed by atoms with E-state index in [0.29, 0.717) is 56.9 Å². The molecule has 2 aromatic carbocycles. The van der Waals surface area contributed by atoms with Crippen LogP contribution in [0.25, 0.3) is 10.8 Å². The van der Waals surface area contributed by atoms with Gasteiger partial charge in [0.15, 0.2) is 0 Å². The van der Waals surface area contributed by atoms with Crippen molar-refractivity contribution < 1.29 is 13.9 Å². The smallest absolute Gasteiger partial charge is 0.318 e. The highest BCUT2D eigenvalue weighted by Crippen LogP contribution is 2.47. The fraction of sp³-hybridized carbons (Fsp3) is 0.514. The molecule has 3 fully saturated rings. The maximum atomic E-state index is 14.7. The van der Waals surface area contributed by atoms with Crippen LogP contribution in [-0.4, -0.2) is 84.1 Å². The highest BCUT2D eigenvalue weighted by atomic mass is 19.1. The first-order valence-corrected chi connectivity index (χ1v) is 16.2. The second-order valence-electron chi connectivity index (χ2n) is 13.2. The molecule has 8 nitrogen and oxygen atoms in total. The third-order valence-electron chi connectivity index (χ3n) is 10.3. The summed E-state index contributed by atoms with van der Waals surface area (Å²) >= 11 is 0. The average molecular weight is 599 g/mol. The van der Waals surface area contributed by atoms with Crippen molar-refractivity contribution in [2.45, 2.75) is 58.5 Å². The molecule has 1 aliphatic carbocycles. The highest BCUT2D eigenvalue weighted by molar-refractivity contribution is 5.97. The number of benzene rings is 2. The van der Waals surface area contributed by atoms with Crippen molar-refractivity contribution in [2.24, 2.45) is 5.41 Å². The van der Waals surface area contributed by atoms with Crippen molar-refractivity contribution >= 4 is 28.2 Å². The van der Waals surface area contributed by atoms with E-state index in [4.69, 9.17) is 14.7 Å². The molecule has 2 saturated heterocycles. The van der Waals surface area contributed by atoms with Gasteiger partial charge in [-0.25, -0.2) is 4.39 Å². The zero-order valence-corrected chi connectivity index (χ0v) is 26.0. The Labute approximate surface area is 259 Å². The maximum absolute atomic E-state index is 14.7. The van der Waals surface area contributed by atoms with Crippen LogP contribution < -0.4 is 14.5 Å². The molecule has 9 heteroatoms. The van der Waals surface area contributed by atoms with Crippen LogP contribution in [0.15, 0.2) is 43.0 Å². The normalized spacial score (nSPS) is 21.4. The van der Waals surface area contributed by atoms with Crippen LogP contribution in [0.5, 0.6) is 6.01 Å². The number of hydrogen-bond acceptors (Lipinski definition) is 7. The summed E-state index contributed by atoms with van der Waals surface area (Å²) < 4.78 is 21.2. The van der Waals surface area contributed by atoms with Gasteiger partial charge in [0.05, 0.1) is 18.8 Å². The number of piperazine rings is 1.